The maximum absolute atomic E-state index is 12.2. The van der Waals surface area contributed by atoms with E-state index in [1.807, 2.05) is 6.92 Å². The lowest BCUT2D eigenvalue weighted by Gasteiger charge is -2.27. The third-order valence-corrected chi connectivity index (χ3v) is 3.28. The number of aromatic nitrogens is 2. The largest absolute Gasteiger partial charge is 0.394 e. The first kappa shape index (κ1) is 15.3. The average molecular weight is 270 g/mol. The number of aliphatic hydroxyl groups excluding tert-OH is 1. The minimum atomic E-state index is -0.447. The minimum Gasteiger partial charge on any atom is -0.394 e. The highest BCUT2D eigenvalue weighted by molar-refractivity contribution is 5.62. The van der Waals surface area contributed by atoms with Crippen molar-refractivity contribution < 1.29 is 5.11 Å². The summed E-state index contributed by atoms with van der Waals surface area (Å²) in [5.74, 6) is 0.151. The Morgan fingerprint density at radius 2 is 2.00 bits per heavy atom. The molecule has 0 bridgehead atoms. The van der Waals surface area contributed by atoms with Crippen molar-refractivity contribution in [2.24, 2.45) is 7.05 Å². The molecular formula is C12H22N4O3. The summed E-state index contributed by atoms with van der Waals surface area (Å²) in [4.78, 5) is 25.8. The van der Waals surface area contributed by atoms with Crippen LogP contribution in [0, 0.1) is 0 Å². The standard InChI is InChI=1S/C12H22N4O3/c1-5-6-16-10(13)9(14(3)8(2)7-17)11(18)15(4)12(16)19/h8,17H,5-7,13H2,1-4H3. The Morgan fingerprint density at radius 1 is 1.42 bits per heavy atom. The highest BCUT2D eigenvalue weighted by atomic mass is 16.3. The van der Waals surface area contributed by atoms with Crippen molar-refractivity contribution in [3.8, 4) is 0 Å². The van der Waals surface area contributed by atoms with Crippen LogP contribution in [0.25, 0.3) is 0 Å². The molecule has 7 nitrogen and oxygen atoms in total. The number of likely N-dealkylation sites (N-methyl/N-ethyl adjacent to an activating group) is 1. The topological polar surface area (TPSA) is 93.5 Å². The monoisotopic (exact) mass is 270 g/mol. The predicted octanol–water partition coefficient (Wildman–Crippen LogP) is -0.644. The molecule has 0 saturated carbocycles. The van der Waals surface area contributed by atoms with E-state index in [-0.39, 0.29) is 24.2 Å². The molecule has 3 N–H and O–H groups in total. The normalized spacial score (nSPS) is 12.5. The molecule has 7 heteroatoms. The van der Waals surface area contributed by atoms with Crippen LogP contribution >= 0.6 is 0 Å². The lowest BCUT2D eigenvalue weighted by molar-refractivity contribution is 0.270. The summed E-state index contributed by atoms with van der Waals surface area (Å²) in [6, 6.07) is -0.262. The third kappa shape index (κ3) is 2.65. The van der Waals surface area contributed by atoms with Gasteiger partial charge in [-0.2, -0.15) is 0 Å². The van der Waals surface area contributed by atoms with Crippen LogP contribution in [0.5, 0.6) is 0 Å². The van der Waals surface area contributed by atoms with Crippen LogP contribution in [-0.4, -0.2) is 33.9 Å². The number of aliphatic hydroxyl groups is 1. The number of rotatable bonds is 5. The molecule has 1 rings (SSSR count). The number of nitrogens with zero attached hydrogens (tertiary/aromatic N) is 3. The molecule has 0 aliphatic heterocycles. The van der Waals surface area contributed by atoms with Crippen molar-refractivity contribution in [1.29, 1.82) is 0 Å². The molecule has 19 heavy (non-hydrogen) atoms. The zero-order valence-corrected chi connectivity index (χ0v) is 11.9. The highest BCUT2D eigenvalue weighted by Gasteiger charge is 2.20. The fourth-order valence-corrected chi connectivity index (χ4v) is 1.88. The molecule has 1 unspecified atom stereocenters. The molecule has 108 valence electrons. The summed E-state index contributed by atoms with van der Waals surface area (Å²) in [6.45, 7) is 4.05. The van der Waals surface area contributed by atoms with Gasteiger partial charge in [0.1, 0.15) is 11.5 Å². The zero-order valence-electron chi connectivity index (χ0n) is 11.9. The first-order valence-corrected chi connectivity index (χ1v) is 6.29. The van der Waals surface area contributed by atoms with Gasteiger partial charge in [-0.25, -0.2) is 4.79 Å². The van der Waals surface area contributed by atoms with E-state index in [1.165, 1.54) is 11.6 Å². The van der Waals surface area contributed by atoms with Crippen molar-refractivity contribution in [3.05, 3.63) is 20.8 Å². The fourth-order valence-electron chi connectivity index (χ4n) is 1.88. The van der Waals surface area contributed by atoms with Crippen molar-refractivity contribution in [1.82, 2.24) is 9.13 Å². The van der Waals surface area contributed by atoms with E-state index < -0.39 is 11.2 Å². The van der Waals surface area contributed by atoms with Crippen LogP contribution in [0.1, 0.15) is 20.3 Å². The first-order chi connectivity index (χ1) is 8.86. The summed E-state index contributed by atoms with van der Waals surface area (Å²) < 4.78 is 2.43. The van der Waals surface area contributed by atoms with Gasteiger partial charge in [-0.15, -0.1) is 0 Å². The van der Waals surface area contributed by atoms with Gasteiger partial charge < -0.3 is 15.7 Å². The predicted molar refractivity (Wildman–Crippen MR) is 75.6 cm³/mol. The molecule has 0 aliphatic rings. The Labute approximate surface area is 111 Å². The minimum absolute atomic E-state index is 0.105. The summed E-state index contributed by atoms with van der Waals surface area (Å²) in [5.41, 5.74) is 5.34. The molecule has 0 aromatic carbocycles. The molecule has 1 aromatic heterocycles. The molecule has 0 amide bonds. The molecule has 0 aliphatic carbocycles. The molecule has 1 atom stereocenters. The van der Waals surface area contributed by atoms with Gasteiger partial charge in [0.25, 0.3) is 5.56 Å². The quantitative estimate of drug-likeness (QED) is 0.742. The number of anilines is 2. The molecule has 0 radical (unpaired) electrons. The van der Waals surface area contributed by atoms with Gasteiger partial charge >= 0.3 is 5.69 Å². The van der Waals surface area contributed by atoms with E-state index in [0.717, 1.165) is 11.0 Å². The van der Waals surface area contributed by atoms with Crippen LogP contribution in [0.2, 0.25) is 0 Å². The molecule has 1 heterocycles. The molecule has 1 aromatic rings. The lowest BCUT2D eigenvalue weighted by atomic mass is 10.3. The third-order valence-electron chi connectivity index (χ3n) is 3.28. The summed E-state index contributed by atoms with van der Waals surface area (Å²) in [7, 11) is 3.10. The fraction of sp³-hybridized carbons (Fsp3) is 0.667. The molecule has 0 spiro atoms. The molecular weight excluding hydrogens is 248 g/mol. The second kappa shape index (κ2) is 5.92. The van der Waals surface area contributed by atoms with E-state index in [1.54, 1.807) is 18.9 Å². The van der Waals surface area contributed by atoms with Crippen molar-refractivity contribution in [2.75, 3.05) is 24.3 Å². The number of nitrogens with two attached hydrogens (primary N) is 1. The summed E-state index contributed by atoms with van der Waals surface area (Å²) >= 11 is 0. The number of hydrogen-bond donors (Lipinski definition) is 2. The highest BCUT2D eigenvalue weighted by Crippen LogP contribution is 2.17. The van der Waals surface area contributed by atoms with Gasteiger partial charge in [0.15, 0.2) is 0 Å². The van der Waals surface area contributed by atoms with E-state index in [9.17, 15) is 14.7 Å². The van der Waals surface area contributed by atoms with Gasteiger partial charge in [0, 0.05) is 26.7 Å². The van der Waals surface area contributed by atoms with E-state index in [4.69, 9.17) is 5.73 Å². The Bertz CT molecular complexity index is 561. The Hall–Kier alpha value is -1.76. The van der Waals surface area contributed by atoms with Crippen LogP contribution in [0.15, 0.2) is 9.59 Å². The Balaban J connectivity index is 3.56. The SMILES string of the molecule is CCCn1c(N)c(N(C)C(C)CO)c(=O)n(C)c1=O. The Kier molecular flexibility index (Phi) is 4.77. The van der Waals surface area contributed by atoms with E-state index in [2.05, 4.69) is 0 Å². The van der Waals surface area contributed by atoms with Crippen molar-refractivity contribution in [3.63, 3.8) is 0 Å². The van der Waals surface area contributed by atoms with Gasteiger partial charge in [-0.1, -0.05) is 6.92 Å². The lowest BCUT2D eigenvalue weighted by Crippen LogP contribution is -2.45. The van der Waals surface area contributed by atoms with Crippen LogP contribution in [0.4, 0.5) is 11.5 Å². The number of hydrogen-bond acceptors (Lipinski definition) is 5. The van der Waals surface area contributed by atoms with Crippen molar-refractivity contribution >= 4 is 11.5 Å². The van der Waals surface area contributed by atoms with Gasteiger partial charge in [0.05, 0.1) is 6.61 Å². The second-order valence-electron chi connectivity index (χ2n) is 4.67. The smallest absolute Gasteiger partial charge is 0.332 e. The van der Waals surface area contributed by atoms with Crippen LogP contribution in [0.3, 0.4) is 0 Å². The van der Waals surface area contributed by atoms with Gasteiger partial charge in [0.2, 0.25) is 0 Å². The van der Waals surface area contributed by atoms with E-state index >= 15 is 0 Å². The number of nitrogen functional groups attached to an aromatic ring is 1. The second-order valence-corrected chi connectivity index (χ2v) is 4.67. The maximum Gasteiger partial charge on any atom is 0.332 e. The van der Waals surface area contributed by atoms with E-state index in [0.29, 0.717) is 6.54 Å². The summed E-state index contributed by atoms with van der Waals surface area (Å²) in [5, 5.41) is 9.18. The zero-order chi connectivity index (χ0) is 14.7. The van der Waals surface area contributed by atoms with Crippen LogP contribution < -0.4 is 21.9 Å². The summed E-state index contributed by atoms with van der Waals surface area (Å²) in [6.07, 6.45) is 0.737. The van der Waals surface area contributed by atoms with Gasteiger partial charge in [-0.3, -0.25) is 13.9 Å². The first-order valence-electron chi connectivity index (χ1n) is 6.29. The maximum atomic E-state index is 12.2. The van der Waals surface area contributed by atoms with Gasteiger partial charge in [-0.05, 0) is 13.3 Å². The molecule has 0 saturated heterocycles. The van der Waals surface area contributed by atoms with Crippen molar-refractivity contribution in [2.45, 2.75) is 32.9 Å². The average Bonchev–Trinajstić information content (AvgIpc) is 2.40. The Morgan fingerprint density at radius 3 is 2.47 bits per heavy atom. The van der Waals surface area contributed by atoms with Crippen LogP contribution in [-0.2, 0) is 13.6 Å². The molecule has 0 fully saturated rings.